The molecule has 7 heteroatoms. The van der Waals surface area contributed by atoms with Crippen molar-refractivity contribution >= 4 is 11.9 Å². The van der Waals surface area contributed by atoms with Gasteiger partial charge in [-0.15, -0.1) is 0 Å². The van der Waals surface area contributed by atoms with Crippen molar-refractivity contribution in [2.75, 3.05) is 51.5 Å². The molecule has 0 spiro atoms. The topological polar surface area (TPSA) is 76.6 Å². The molecular formula is C15H22N4O3. The highest BCUT2D eigenvalue weighted by atomic mass is 16.5. The minimum absolute atomic E-state index is 0.0587. The maximum Gasteiger partial charge on any atom is 0.225 e. The quantitative estimate of drug-likeness (QED) is 0.750. The lowest BCUT2D eigenvalue weighted by atomic mass is 9.78. The molecule has 1 aromatic rings. The summed E-state index contributed by atoms with van der Waals surface area (Å²) in [6.45, 7) is 4.01. The highest BCUT2D eigenvalue weighted by molar-refractivity contribution is 5.77. The Kier molecular flexibility index (Phi) is 4.54. The van der Waals surface area contributed by atoms with Gasteiger partial charge in [0.2, 0.25) is 11.9 Å². The molecule has 2 saturated heterocycles. The Morgan fingerprint density at radius 2 is 2.36 bits per heavy atom. The molecule has 7 nitrogen and oxygen atoms in total. The molecule has 2 aliphatic heterocycles. The number of nitrogens with one attached hydrogen (secondary N) is 1. The average Bonchev–Trinajstić information content (AvgIpc) is 3.05. The number of nitrogens with zero attached hydrogens (tertiary/aromatic N) is 3. The monoisotopic (exact) mass is 306 g/mol. The molecule has 0 aliphatic carbocycles. The number of hydrogen-bond donors (Lipinski definition) is 1. The molecule has 1 amide bonds. The Bertz CT molecular complexity index is 513. The maximum atomic E-state index is 12.2. The first-order chi connectivity index (χ1) is 10.7. The van der Waals surface area contributed by atoms with E-state index in [9.17, 15) is 4.79 Å². The van der Waals surface area contributed by atoms with Gasteiger partial charge in [-0.2, -0.15) is 0 Å². The summed E-state index contributed by atoms with van der Waals surface area (Å²) in [6, 6.07) is 1.81. The van der Waals surface area contributed by atoms with Crippen LogP contribution in [0.15, 0.2) is 18.5 Å². The summed E-state index contributed by atoms with van der Waals surface area (Å²) >= 11 is 0. The third-order valence-electron chi connectivity index (χ3n) is 4.50. The minimum Gasteiger partial charge on any atom is -0.383 e. The van der Waals surface area contributed by atoms with Gasteiger partial charge in [0.1, 0.15) is 0 Å². The summed E-state index contributed by atoms with van der Waals surface area (Å²) in [5.74, 6) is 1.14. The standard InChI is InChI=1S/C15H22N4O3/c1-21-6-5-16-13(20)7-15-10-19(8-12(15)9-22-11-15)14-17-3-2-4-18-14/h2-4,12H,5-11H2,1H3,(H,16,20)/t12-,15+/m0/s1. The van der Waals surface area contributed by atoms with Crippen molar-refractivity contribution in [1.82, 2.24) is 15.3 Å². The average molecular weight is 306 g/mol. The van der Waals surface area contributed by atoms with Gasteiger partial charge in [0, 0.05) is 56.9 Å². The van der Waals surface area contributed by atoms with Crippen LogP contribution in [0.25, 0.3) is 0 Å². The van der Waals surface area contributed by atoms with Crippen molar-refractivity contribution in [2.24, 2.45) is 11.3 Å². The van der Waals surface area contributed by atoms with E-state index in [1.807, 2.05) is 6.07 Å². The molecule has 0 unspecified atom stereocenters. The number of carbonyl (C=O) groups is 1. The predicted molar refractivity (Wildman–Crippen MR) is 80.5 cm³/mol. The van der Waals surface area contributed by atoms with Crippen molar-refractivity contribution < 1.29 is 14.3 Å². The van der Waals surface area contributed by atoms with E-state index in [-0.39, 0.29) is 11.3 Å². The number of hydrogen-bond acceptors (Lipinski definition) is 6. The van der Waals surface area contributed by atoms with Gasteiger partial charge in [0.25, 0.3) is 0 Å². The molecule has 2 aliphatic rings. The molecular weight excluding hydrogens is 284 g/mol. The van der Waals surface area contributed by atoms with Crippen molar-refractivity contribution in [2.45, 2.75) is 6.42 Å². The van der Waals surface area contributed by atoms with Crippen molar-refractivity contribution in [3.8, 4) is 0 Å². The first-order valence-electron chi connectivity index (χ1n) is 7.59. The predicted octanol–water partition coefficient (Wildman–Crippen LogP) is 0.0821. The number of amides is 1. The fourth-order valence-corrected chi connectivity index (χ4v) is 3.36. The van der Waals surface area contributed by atoms with Crippen LogP contribution in [0.4, 0.5) is 5.95 Å². The number of fused-ring (bicyclic) bond motifs is 1. The van der Waals surface area contributed by atoms with E-state index in [1.165, 1.54) is 0 Å². The minimum atomic E-state index is -0.129. The van der Waals surface area contributed by atoms with Crippen LogP contribution in [0.1, 0.15) is 6.42 Å². The normalized spacial score (nSPS) is 27.0. The molecule has 0 radical (unpaired) electrons. The lowest BCUT2D eigenvalue weighted by Gasteiger charge is -2.26. The van der Waals surface area contributed by atoms with Crippen molar-refractivity contribution in [3.63, 3.8) is 0 Å². The second-order valence-corrected chi connectivity index (χ2v) is 6.02. The molecule has 0 saturated carbocycles. The van der Waals surface area contributed by atoms with Crippen molar-refractivity contribution in [3.05, 3.63) is 18.5 Å². The second kappa shape index (κ2) is 6.58. The van der Waals surface area contributed by atoms with E-state index in [0.717, 1.165) is 19.0 Å². The summed E-state index contributed by atoms with van der Waals surface area (Å²) in [4.78, 5) is 23.0. The molecule has 1 aromatic heterocycles. The summed E-state index contributed by atoms with van der Waals surface area (Å²) in [5, 5.41) is 2.90. The van der Waals surface area contributed by atoms with Crippen LogP contribution in [-0.4, -0.2) is 62.4 Å². The first kappa shape index (κ1) is 15.2. The first-order valence-corrected chi connectivity index (χ1v) is 7.59. The largest absolute Gasteiger partial charge is 0.383 e. The van der Waals surface area contributed by atoms with Crippen LogP contribution in [0.3, 0.4) is 0 Å². The third kappa shape index (κ3) is 3.05. The molecule has 1 N–H and O–H groups in total. The summed E-state index contributed by atoms with van der Waals surface area (Å²) in [7, 11) is 1.63. The Morgan fingerprint density at radius 1 is 1.55 bits per heavy atom. The van der Waals surface area contributed by atoms with Gasteiger partial charge >= 0.3 is 0 Å². The van der Waals surface area contributed by atoms with Gasteiger partial charge in [0.15, 0.2) is 0 Å². The lowest BCUT2D eigenvalue weighted by Crippen LogP contribution is -2.38. The van der Waals surface area contributed by atoms with Crippen LogP contribution >= 0.6 is 0 Å². The van der Waals surface area contributed by atoms with E-state index < -0.39 is 0 Å². The number of ether oxygens (including phenoxy) is 2. The van der Waals surface area contributed by atoms with E-state index in [0.29, 0.717) is 38.7 Å². The van der Waals surface area contributed by atoms with Crippen LogP contribution in [-0.2, 0) is 14.3 Å². The Hall–Kier alpha value is -1.73. The zero-order valence-corrected chi connectivity index (χ0v) is 12.8. The van der Waals surface area contributed by atoms with Crippen LogP contribution in [0.2, 0.25) is 0 Å². The number of anilines is 1. The van der Waals surface area contributed by atoms with E-state index >= 15 is 0 Å². The third-order valence-corrected chi connectivity index (χ3v) is 4.50. The number of aromatic nitrogens is 2. The molecule has 22 heavy (non-hydrogen) atoms. The molecule has 2 atom stereocenters. The van der Waals surface area contributed by atoms with Gasteiger partial charge in [-0.25, -0.2) is 9.97 Å². The Morgan fingerprint density at radius 3 is 3.14 bits per heavy atom. The van der Waals surface area contributed by atoms with Gasteiger partial charge in [-0.1, -0.05) is 0 Å². The lowest BCUT2D eigenvalue weighted by molar-refractivity contribution is -0.123. The Balaban J connectivity index is 1.65. The summed E-state index contributed by atoms with van der Waals surface area (Å²) in [6.07, 6.45) is 3.97. The molecule has 3 heterocycles. The van der Waals surface area contributed by atoms with Crippen LogP contribution in [0.5, 0.6) is 0 Å². The maximum absolute atomic E-state index is 12.2. The number of rotatable bonds is 6. The second-order valence-electron chi connectivity index (χ2n) is 6.02. The molecule has 2 fully saturated rings. The van der Waals surface area contributed by atoms with Crippen LogP contribution in [0, 0.1) is 11.3 Å². The smallest absolute Gasteiger partial charge is 0.225 e. The highest BCUT2D eigenvalue weighted by Gasteiger charge is 2.52. The van der Waals surface area contributed by atoms with Crippen molar-refractivity contribution in [1.29, 1.82) is 0 Å². The van der Waals surface area contributed by atoms with Gasteiger partial charge < -0.3 is 19.7 Å². The zero-order valence-electron chi connectivity index (χ0n) is 12.8. The zero-order chi connectivity index (χ0) is 15.4. The van der Waals surface area contributed by atoms with Gasteiger partial charge in [0.05, 0.1) is 19.8 Å². The number of carbonyl (C=O) groups excluding carboxylic acids is 1. The Labute approximate surface area is 130 Å². The molecule has 3 rings (SSSR count). The van der Waals surface area contributed by atoms with E-state index in [4.69, 9.17) is 9.47 Å². The molecule has 120 valence electrons. The van der Waals surface area contributed by atoms with Gasteiger partial charge in [-0.3, -0.25) is 4.79 Å². The van der Waals surface area contributed by atoms with Gasteiger partial charge in [-0.05, 0) is 6.07 Å². The summed E-state index contributed by atoms with van der Waals surface area (Å²) in [5.41, 5.74) is -0.129. The summed E-state index contributed by atoms with van der Waals surface area (Å²) < 4.78 is 10.6. The number of methoxy groups -OCH3 is 1. The fourth-order valence-electron chi connectivity index (χ4n) is 3.36. The van der Waals surface area contributed by atoms with E-state index in [1.54, 1.807) is 19.5 Å². The molecule has 0 bridgehead atoms. The van der Waals surface area contributed by atoms with E-state index in [2.05, 4.69) is 20.2 Å². The SMILES string of the molecule is COCCNC(=O)C[C@@]12COC[C@@H]1CN(c1ncccn1)C2. The van der Waals surface area contributed by atoms with Crippen LogP contribution < -0.4 is 10.2 Å². The highest BCUT2D eigenvalue weighted by Crippen LogP contribution is 2.44. The fraction of sp³-hybridized carbons (Fsp3) is 0.667. The molecule has 0 aromatic carbocycles.